The molecule has 0 radical (unpaired) electrons. The van der Waals surface area contributed by atoms with Crippen LogP contribution in [0.1, 0.15) is 21.5 Å². The molecule has 0 saturated carbocycles. The highest BCUT2D eigenvalue weighted by atomic mass is 32.2. The number of nitrogens with zero attached hydrogens (tertiary/aromatic N) is 4. The van der Waals surface area contributed by atoms with Crippen LogP contribution in [0.5, 0.6) is 0 Å². The zero-order chi connectivity index (χ0) is 19.6. The van der Waals surface area contributed by atoms with Crippen LogP contribution in [-0.2, 0) is 5.75 Å². The lowest BCUT2D eigenvalue weighted by Gasteiger charge is -2.08. The Morgan fingerprint density at radius 3 is 2.45 bits per heavy atom. The number of carbonyl (C=O) groups is 1. The van der Waals surface area contributed by atoms with Gasteiger partial charge in [0.05, 0.1) is 11.0 Å². The van der Waals surface area contributed by atoms with Gasteiger partial charge in [0.25, 0.3) is 0 Å². The summed E-state index contributed by atoms with van der Waals surface area (Å²) in [7, 11) is 0. The molecule has 2 heterocycles. The van der Waals surface area contributed by atoms with Gasteiger partial charge in [0.15, 0.2) is 11.4 Å². The number of fused-ring (bicyclic) bond motifs is 3. The topological polar surface area (TPSA) is 60.2 Å². The number of thioether (sulfide) groups is 1. The van der Waals surface area contributed by atoms with Crippen molar-refractivity contribution < 1.29 is 4.79 Å². The van der Waals surface area contributed by atoms with Crippen molar-refractivity contribution in [3.63, 3.8) is 0 Å². The standard InChI is InChI=1S/C23H16N4OS/c28-21(17-9-5-2-6-10-17)18-11-12-19-20(13-18)27-15-24-26-22(27)23(25-19)29-14-16-7-3-1-4-8-16/h1-13,15H,14H2. The summed E-state index contributed by atoms with van der Waals surface area (Å²) in [5.74, 6) is 0.781. The molecule has 0 aliphatic rings. The van der Waals surface area contributed by atoms with Gasteiger partial charge in [-0.05, 0) is 23.8 Å². The van der Waals surface area contributed by atoms with Crippen molar-refractivity contribution in [2.75, 3.05) is 0 Å². The number of hydrogen-bond donors (Lipinski definition) is 0. The van der Waals surface area contributed by atoms with Crippen LogP contribution in [0.4, 0.5) is 0 Å². The first-order chi connectivity index (χ1) is 14.3. The van der Waals surface area contributed by atoms with Crippen molar-refractivity contribution in [1.82, 2.24) is 19.6 Å². The van der Waals surface area contributed by atoms with Crippen LogP contribution in [0.15, 0.2) is 90.2 Å². The Morgan fingerprint density at radius 1 is 0.897 bits per heavy atom. The molecule has 0 N–H and O–H groups in total. The van der Waals surface area contributed by atoms with Gasteiger partial charge in [0, 0.05) is 16.9 Å². The van der Waals surface area contributed by atoms with Gasteiger partial charge in [-0.25, -0.2) is 4.98 Å². The van der Waals surface area contributed by atoms with Gasteiger partial charge in [-0.15, -0.1) is 10.2 Å². The normalized spacial score (nSPS) is 11.2. The number of ketones is 1. The first-order valence-electron chi connectivity index (χ1n) is 9.19. The molecule has 29 heavy (non-hydrogen) atoms. The minimum atomic E-state index is -0.0174. The summed E-state index contributed by atoms with van der Waals surface area (Å²) < 4.78 is 1.90. The van der Waals surface area contributed by atoms with E-state index in [1.165, 1.54) is 5.56 Å². The van der Waals surface area contributed by atoms with Crippen LogP contribution in [0, 0.1) is 0 Å². The predicted molar refractivity (Wildman–Crippen MR) is 114 cm³/mol. The van der Waals surface area contributed by atoms with E-state index in [0.717, 1.165) is 21.8 Å². The molecule has 0 aliphatic heterocycles. The maximum atomic E-state index is 12.8. The molecule has 0 bridgehead atoms. The van der Waals surface area contributed by atoms with E-state index in [0.29, 0.717) is 16.8 Å². The summed E-state index contributed by atoms with van der Waals surface area (Å²) in [6.45, 7) is 0. The molecule has 5 rings (SSSR count). The Balaban J connectivity index is 1.55. The summed E-state index contributed by atoms with van der Waals surface area (Å²) in [5.41, 5.74) is 4.82. The summed E-state index contributed by atoms with van der Waals surface area (Å²) >= 11 is 1.63. The van der Waals surface area contributed by atoms with E-state index in [4.69, 9.17) is 4.98 Å². The second-order valence-corrected chi connectivity index (χ2v) is 7.58. The third-order valence-electron chi connectivity index (χ3n) is 4.71. The minimum Gasteiger partial charge on any atom is -0.289 e. The lowest BCUT2D eigenvalue weighted by Crippen LogP contribution is -2.02. The van der Waals surface area contributed by atoms with Gasteiger partial charge < -0.3 is 0 Å². The number of benzene rings is 3. The quantitative estimate of drug-likeness (QED) is 0.315. The van der Waals surface area contributed by atoms with E-state index in [1.54, 1.807) is 18.1 Å². The molecule has 0 unspecified atom stereocenters. The third-order valence-corrected chi connectivity index (χ3v) is 5.74. The highest BCUT2D eigenvalue weighted by Crippen LogP contribution is 2.28. The summed E-state index contributed by atoms with van der Waals surface area (Å²) in [6, 6.07) is 25.1. The van der Waals surface area contributed by atoms with Crippen LogP contribution in [0.3, 0.4) is 0 Å². The fourth-order valence-corrected chi connectivity index (χ4v) is 4.17. The fourth-order valence-electron chi connectivity index (χ4n) is 3.25. The van der Waals surface area contributed by atoms with Crippen molar-refractivity contribution in [2.45, 2.75) is 10.8 Å². The Bertz CT molecular complexity index is 1320. The minimum absolute atomic E-state index is 0.0174. The molecule has 0 aliphatic carbocycles. The van der Waals surface area contributed by atoms with Crippen LogP contribution < -0.4 is 0 Å². The molecule has 0 saturated heterocycles. The zero-order valence-electron chi connectivity index (χ0n) is 15.4. The van der Waals surface area contributed by atoms with E-state index in [9.17, 15) is 4.79 Å². The average Bonchev–Trinajstić information content (AvgIpc) is 3.28. The average molecular weight is 396 g/mol. The summed E-state index contributed by atoms with van der Waals surface area (Å²) in [6.07, 6.45) is 1.67. The van der Waals surface area contributed by atoms with E-state index >= 15 is 0 Å². The van der Waals surface area contributed by atoms with E-state index in [2.05, 4.69) is 22.3 Å². The highest BCUT2D eigenvalue weighted by molar-refractivity contribution is 7.98. The van der Waals surface area contributed by atoms with Crippen molar-refractivity contribution in [2.24, 2.45) is 0 Å². The second-order valence-electron chi connectivity index (χ2n) is 6.61. The molecule has 3 aromatic carbocycles. The first-order valence-corrected chi connectivity index (χ1v) is 10.2. The zero-order valence-corrected chi connectivity index (χ0v) is 16.2. The molecule has 5 aromatic rings. The van der Waals surface area contributed by atoms with Crippen molar-refractivity contribution in [3.8, 4) is 0 Å². The number of aromatic nitrogens is 4. The van der Waals surface area contributed by atoms with Crippen LogP contribution in [0.25, 0.3) is 16.7 Å². The number of rotatable bonds is 5. The summed E-state index contributed by atoms with van der Waals surface area (Å²) in [4.78, 5) is 17.6. The smallest absolute Gasteiger partial charge is 0.193 e. The number of hydrogen-bond acceptors (Lipinski definition) is 5. The SMILES string of the molecule is O=C(c1ccccc1)c1ccc2nc(SCc3ccccc3)c3nncn3c2c1. The van der Waals surface area contributed by atoms with E-state index in [-0.39, 0.29) is 5.78 Å². The Labute approximate surface area is 171 Å². The molecule has 0 amide bonds. The molecule has 0 spiro atoms. The largest absolute Gasteiger partial charge is 0.289 e. The Hall–Kier alpha value is -3.51. The van der Waals surface area contributed by atoms with Gasteiger partial charge in [-0.1, -0.05) is 72.4 Å². The summed E-state index contributed by atoms with van der Waals surface area (Å²) in [5, 5.41) is 9.15. The van der Waals surface area contributed by atoms with Crippen LogP contribution in [0.2, 0.25) is 0 Å². The molecule has 0 fully saturated rings. The molecule has 2 aromatic heterocycles. The molecule has 140 valence electrons. The second kappa shape index (κ2) is 7.48. The van der Waals surface area contributed by atoms with Crippen molar-refractivity contribution >= 4 is 34.2 Å². The maximum absolute atomic E-state index is 12.8. The molecule has 5 nitrogen and oxygen atoms in total. The Kier molecular flexibility index (Phi) is 4.54. The van der Waals surface area contributed by atoms with Gasteiger partial charge in [0.1, 0.15) is 11.4 Å². The first kappa shape index (κ1) is 17.6. The van der Waals surface area contributed by atoms with Crippen molar-refractivity contribution in [1.29, 1.82) is 0 Å². The molecular weight excluding hydrogens is 380 g/mol. The van der Waals surface area contributed by atoms with Crippen LogP contribution >= 0.6 is 11.8 Å². The van der Waals surface area contributed by atoms with Gasteiger partial charge >= 0.3 is 0 Å². The van der Waals surface area contributed by atoms with Gasteiger partial charge in [0.2, 0.25) is 0 Å². The van der Waals surface area contributed by atoms with E-state index in [1.807, 2.05) is 71.1 Å². The van der Waals surface area contributed by atoms with Crippen molar-refractivity contribution in [3.05, 3.63) is 102 Å². The lowest BCUT2D eigenvalue weighted by molar-refractivity contribution is 0.103. The molecule has 0 atom stereocenters. The highest BCUT2D eigenvalue weighted by Gasteiger charge is 2.14. The predicted octanol–water partition coefficient (Wildman–Crippen LogP) is 4.80. The third kappa shape index (κ3) is 3.39. The molecular formula is C23H16N4OS. The Morgan fingerprint density at radius 2 is 1.66 bits per heavy atom. The maximum Gasteiger partial charge on any atom is 0.193 e. The fraction of sp³-hybridized carbons (Fsp3) is 0.0435. The van der Waals surface area contributed by atoms with Crippen LogP contribution in [-0.4, -0.2) is 25.4 Å². The van der Waals surface area contributed by atoms with Gasteiger partial charge in [-0.3, -0.25) is 9.20 Å². The van der Waals surface area contributed by atoms with Gasteiger partial charge in [-0.2, -0.15) is 0 Å². The molecule has 6 heteroatoms. The van der Waals surface area contributed by atoms with E-state index < -0.39 is 0 Å². The lowest BCUT2D eigenvalue weighted by atomic mass is 10.0. The monoisotopic (exact) mass is 396 g/mol. The number of carbonyl (C=O) groups excluding carboxylic acids is 1.